The van der Waals surface area contributed by atoms with Crippen molar-refractivity contribution >= 4 is 44.8 Å². The van der Waals surface area contributed by atoms with Crippen LogP contribution in [-0.4, -0.2) is 32.2 Å². The van der Waals surface area contributed by atoms with Gasteiger partial charge in [0.05, 0.1) is 27.2 Å². The molecule has 0 aromatic heterocycles. The monoisotopic (exact) mass is 400 g/mol. The zero-order chi connectivity index (χ0) is 18.8. The summed E-state index contributed by atoms with van der Waals surface area (Å²) in [7, 11) is -2.43. The first kappa shape index (κ1) is 19.7. The third-order valence-corrected chi connectivity index (χ3v) is 6.21. The number of hydrogen-bond donors (Lipinski definition) is 1. The van der Waals surface area contributed by atoms with Gasteiger partial charge in [0.2, 0.25) is 15.9 Å². The van der Waals surface area contributed by atoms with Crippen molar-refractivity contribution in [1.82, 2.24) is 4.31 Å². The Balaban J connectivity index is 2.16. The Morgan fingerprint density at radius 1 is 1.08 bits per heavy atom. The molecule has 0 radical (unpaired) electrons. The van der Waals surface area contributed by atoms with E-state index >= 15 is 0 Å². The highest BCUT2D eigenvalue weighted by atomic mass is 35.5. The summed E-state index contributed by atoms with van der Waals surface area (Å²) in [6, 6.07) is 9.66. The number of hydrogen-bond acceptors (Lipinski definition) is 3. The molecule has 0 aliphatic heterocycles. The summed E-state index contributed by atoms with van der Waals surface area (Å²) in [6.45, 7) is 3.37. The van der Waals surface area contributed by atoms with Crippen LogP contribution in [0, 0.1) is 13.8 Å². The fourth-order valence-corrected chi connectivity index (χ4v) is 3.84. The first-order chi connectivity index (χ1) is 11.6. The molecular formula is C17H18Cl2N2O3S. The molecule has 2 aromatic carbocycles. The van der Waals surface area contributed by atoms with Crippen LogP contribution in [0.25, 0.3) is 0 Å². The first-order valence-electron chi connectivity index (χ1n) is 7.40. The van der Waals surface area contributed by atoms with Crippen LogP contribution < -0.4 is 5.32 Å². The van der Waals surface area contributed by atoms with Crippen molar-refractivity contribution in [1.29, 1.82) is 0 Å². The number of amides is 1. The average Bonchev–Trinajstić information content (AvgIpc) is 2.53. The Bertz CT molecular complexity index is 894. The summed E-state index contributed by atoms with van der Waals surface area (Å²) in [5, 5.41) is 3.10. The second-order valence-corrected chi connectivity index (χ2v) is 8.51. The molecule has 8 heteroatoms. The number of rotatable bonds is 5. The number of benzene rings is 2. The second-order valence-electron chi connectivity index (χ2n) is 5.65. The number of nitrogens with zero attached hydrogens (tertiary/aromatic N) is 1. The van der Waals surface area contributed by atoms with Crippen LogP contribution >= 0.6 is 23.2 Å². The fraction of sp³-hybridized carbons (Fsp3) is 0.235. The second kappa shape index (κ2) is 7.74. The number of carbonyl (C=O) groups is 1. The zero-order valence-electron chi connectivity index (χ0n) is 14.0. The minimum atomic E-state index is -3.78. The van der Waals surface area contributed by atoms with E-state index in [4.69, 9.17) is 23.2 Å². The van der Waals surface area contributed by atoms with Gasteiger partial charge in [0.25, 0.3) is 0 Å². The number of sulfonamides is 1. The summed E-state index contributed by atoms with van der Waals surface area (Å²) < 4.78 is 26.2. The van der Waals surface area contributed by atoms with Gasteiger partial charge in [-0.1, -0.05) is 35.3 Å². The van der Waals surface area contributed by atoms with E-state index in [1.54, 1.807) is 30.3 Å². The van der Waals surface area contributed by atoms with Gasteiger partial charge in [-0.05, 0) is 49.2 Å². The van der Waals surface area contributed by atoms with Gasteiger partial charge < -0.3 is 5.32 Å². The van der Waals surface area contributed by atoms with E-state index in [0.717, 1.165) is 15.4 Å². The van der Waals surface area contributed by atoms with Crippen molar-refractivity contribution in [3.05, 3.63) is 57.6 Å². The molecule has 0 saturated heterocycles. The molecule has 2 aromatic rings. The summed E-state index contributed by atoms with van der Waals surface area (Å²) in [5.74, 6) is -0.537. The van der Waals surface area contributed by atoms with Crippen molar-refractivity contribution < 1.29 is 13.2 Å². The molecule has 2 rings (SSSR count). The van der Waals surface area contributed by atoms with Gasteiger partial charge in [0, 0.05) is 7.05 Å². The van der Waals surface area contributed by atoms with Gasteiger partial charge in [0.15, 0.2) is 0 Å². The zero-order valence-corrected chi connectivity index (χ0v) is 16.3. The van der Waals surface area contributed by atoms with E-state index < -0.39 is 15.9 Å². The topological polar surface area (TPSA) is 66.5 Å². The smallest absolute Gasteiger partial charge is 0.243 e. The van der Waals surface area contributed by atoms with E-state index in [1.165, 1.54) is 13.1 Å². The lowest BCUT2D eigenvalue weighted by atomic mass is 10.1. The van der Waals surface area contributed by atoms with Gasteiger partial charge in [-0.25, -0.2) is 8.42 Å². The van der Waals surface area contributed by atoms with E-state index in [1.807, 2.05) is 13.8 Å². The maximum atomic E-state index is 12.6. The lowest BCUT2D eigenvalue weighted by molar-refractivity contribution is -0.116. The molecule has 1 amide bonds. The van der Waals surface area contributed by atoms with Crippen LogP contribution in [0.2, 0.25) is 10.0 Å². The summed E-state index contributed by atoms with van der Waals surface area (Å²) >= 11 is 12.0. The van der Waals surface area contributed by atoms with Crippen molar-refractivity contribution in [2.75, 3.05) is 18.9 Å². The SMILES string of the molecule is Cc1ccc(S(=O)(=O)N(C)CC(=O)Nc2c(Cl)cccc2Cl)cc1C. The van der Waals surface area contributed by atoms with Crippen LogP contribution in [0.3, 0.4) is 0 Å². The van der Waals surface area contributed by atoms with E-state index in [9.17, 15) is 13.2 Å². The number of para-hydroxylation sites is 1. The van der Waals surface area contributed by atoms with Gasteiger partial charge in [-0.2, -0.15) is 4.31 Å². The minimum absolute atomic E-state index is 0.140. The summed E-state index contributed by atoms with van der Waals surface area (Å²) in [5.41, 5.74) is 2.11. The predicted molar refractivity (Wildman–Crippen MR) is 101 cm³/mol. The first-order valence-corrected chi connectivity index (χ1v) is 9.60. The van der Waals surface area contributed by atoms with E-state index in [2.05, 4.69) is 5.32 Å². The van der Waals surface area contributed by atoms with Crippen molar-refractivity contribution in [2.45, 2.75) is 18.7 Å². The highest BCUT2D eigenvalue weighted by Gasteiger charge is 2.24. The van der Waals surface area contributed by atoms with Gasteiger partial charge in [-0.3, -0.25) is 4.79 Å². The Morgan fingerprint density at radius 3 is 2.24 bits per heavy atom. The Hall–Kier alpha value is -1.60. The lowest BCUT2D eigenvalue weighted by Crippen LogP contribution is -2.35. The van der Waals surface area contributed by atoms with Gasteiger partial charge >= 0.3 is 0 Å². The molecule has 0 aliphatic rings. The molecule has 0 spiro atoms. The molecule has 0 saturated carbocycles. The maximum absolute atomic E-state index is 12.6. The normalized spacial score (nSPS) is 11.6. The third-order valence-electron chi connectivity index (χ3n) is 3.78. The lowest BCUT2D eigenvalue weighted by Gasteiger charge is -2.18. The fourth-order valence-electron chi connectivity index (χ4n) is 2.14. The number of halogens is 2. The quantitative estimate of drug-likeness (QED) is 0.827. The molecule has 5 nitrogen and oxygen atoms in total. The molecule has 134 valence electrons. The third kappa shape index (κ3) is 4.52. The molecule has 0 aliphatic carbocycles. The molecule has 0 fully saturated rings. The van der Waals surface area contributed by atoms with Crippen LogP contribution in [0.5, 0.6) is 0 Å². The maximum Gasteiger partial charge on any atom is 0.243 e. The summed E-state index contributed by atoms with van der Waals surface area (Å²) in [4.78, 5) is 12.3. The van der Waals surface area contributed by atoms with Gasteiger partial charge in [-0.15, -0.1) is 0 Å². The molecule has 0 unspecified atom stereocenters. The van der Waals surface area contributed by atoms with Crippen molar-refractivity contribution in [2.24, 2.45) is 0 Å². The Kier molecular flexibility index (Phi) is 6.11. The largest absolute Gasteiger partial charge is 0.322 e. The standard InChI is InChI=1S/C17H18Cl2N2O3S/c1-11-7-8-13(9-12(11)2)25(23,24)21(3)10-16(22)20-17-14(18)5-4-6-15(17)19/h4-9H,10H2,1-3H3,(H,20,22). The molecule has 1 N–H and O–H groups in total. The number of aryl methyl sites for hydroxylation is 2. The number of likely N-dealkylation sites (N-methyl/N-ethyl adjacent to an activating group) is 1. The van der Waals surface area contributed by atoms with Crippen LogP contribution in [-0.2, 0) is 14.8 Å². The molecule has 0 atom stereocenters. The van der Waals surface area contributed by atoms with Crippen LogP contribution in [0.1, 0.15) is 11.1 Å². The van der Waals surface area contributed by atoms with Gasteiger partial charge in [0.1, 0.15) is 0 Å². The molecule has 25 heavy (non-hydrogen) atoms. The highest BCUT2D eigenvalue weighted by molar-refractivity contribution is 7.89. The predicted octanol–water partition coefficient (Wildman–Crippen LogP) is 3.87. The minimum Gasteiger partial charge on any atom is -0.322 e. The van der Waals surface area contributed by atoms with Crippen LogP contribution in [0.4, 0.5) is 5.69 Å². The van der Waals surface area contributed by atoms with E-state index in [-0.39, 0.29) is 27.2 Å². The summed E-state index contributed by atoms with van der Waals surface area (Å²) in [6.07, 6.45) is 0. The van der Waals surface area contributed by atoms with Crippen LogP contribution in [0.15, 0.2) is 41.3 Å². The average molecular weight is 401 g/mol. The number of nitrogens with one attached hydrogen (secondary N) is 1. The van der Waals surface area contributed by atoms with Crippen molar-refractivity contribution in [3.8, 4) is 0 Å². The van der Waals surface area contributed by atoms with Crippen molar-refractivity contribution in [3.63, 3.8) is 0 Å². The number of carbonyl (C=O) groups excluding carboxylic acids is 1. The molecular weight excluding hydrogens is 383 g/mol. The molecule has 0 bridgehead atoms. The Labute approximate surface area is 157 Å². The van der Waals surface area contributed by atoms with E-state index in [0.29, 0.717) is 0 Å². The Morgan fingerprint density at radius 2 is 1.68 bits per heavy atom. The molecule has 0 heterocycles. The number of anilines is 1. The highest BCUT2D eigenvalue weighted by Crippen LogP contribution is 2.29.